The maximum atomic E-state index is 13.9. The maximum absolute atomic E-state index is 13.9. The van der Waals surface area contributed by atoms with Crippen LogP contribution >= 0.6 is 0 Å². The Labute approximate surface area is 214 Å². The molecule has 0 N–H and O–H groups in total. The minimum Gasteiger partial charge on any atom is -0.379 e. The van der Waals surface area contributed by atoms with E-state index in [1.54, 1.807) is 30.3 Å². The summed E-state index contributed by atoms with van der Waals surface area (Å²) in [6, 6.07) is 30.1. The average molecular weight is 508 g/mol. The van der Waals surface area contributed by atoms with E-state index in [1.165, 1.54) is 29.2 Å². The Morgan fingerprint density at radius 1 is 0.595 bits per heavy atom. The van der Waals surface area contributed by atoms with E-state index in [-0.39, 0.29) is 34.3 Å². The summed E-state index contributed by atoms with van der Waals surface area (Å²) in [5.41, 5.74) is 4.70. The van der Waals surface area contributed by atoms with Crippen molar-refractivity contribution in [2.24, 2.45) is 11.8 Å². The molecular weight excluding hydrogens is 486 g/mol. The number of carbonyl (C=O) groups excluding carboxylic acids is 2. The maximum Gasteiger partial charge on any atom is 0.339 e. The molecule has 2 atom stereocenters. The lowest BCUT2D eigenvalue weighted by molar-refractivity contribution is -0.122. The van der Waals surface area contributed by atoms with E-state index in [4.69, 9.17) is 4.18 Å². The second-order valence-electron chi connectivity index (χ2n) is 9.62. The molecule has 1 aliphatic heterocycles. The van der Waals surface area contributed by atoms with E-state index in [0.717, 1.165) is 22.3 Å². The van der Waals surface area contributed by atoms with Crippen molar-refractivity contribution in [2.45, 2.75) is 16.7 Å². The SMILES string of the molecule is O=C1[C@H]2C3c4ccccc4C(c4ccccc43)[C@@H]2C(=O)N1c1cccc(OS(=O)(=O)c2ccccc2)c1. The minimum atomic E-state index is -4.07. The minimum absolute atomic E-state index is 0.0202. The molecule has 182 valence electrons. The molecule has 37 heavy (non-hydrogen) atoms. The first-order chi connectivity index (χ1) is 18.0. The third-order valence-electron chi connectivity index (χ3n) is 7.76. The highest BCUT2D eigenvalue weighted by Crippen LogP contribution is 2.61. The summed E-state index contributed by atoms with van der Waals surface area (Å²) in [6.45, 7) is 0. The van der Waals surface area contributed by atoms with E-state index in [0.29, 0.717) is 5.69 Å². The van der Waals surface area contributed by atoms with E-state index in [1.807, 2.05) is 24.3 Å². The Kier molecular flexibility index (Phi) is 4.69. The van der Waals surface area contributed by atoms with Crippen LogP contribution in [0.2, 0.25) is 0 Å². The molecule has 4 aromatic carbocycles. The first-order valence-electron chi connectivity index (χ1n) is 12.1. The zero-order valence-corrected chi connectivity index (χ0v) is 20.3. The highest BCUT2D eigenvalue weighted by Gasteiger charge is 2.61. The first kappa shape index (κ1) is 22.0. The molecule has 1 saturated heterocycles. The third-order valence-corrected chi connectivity index (χ3v) is 9.02. The molecule has 0 aromatic heterocycles. The van der Waals surface area contributed by atoms with Gasteiger partial charge in [-0.25, -0.2) is 4.90 Å². The summed E-state index contributed by atoms with van der Waals surface area (Å²) in [6.07, 6.45) is 0. The first-order valence-corrected chi connectivity index (χ1v) is 13.5. The molecule has 4 aromatic rings. The number of hydrogen-bond acceptors (Lipinski definition) is 5. The fourth-order valence-corrected chi connectivity index (χ4v) is 7.31. The van der Waals surface area contributed by atoms with Crippen LogP contribution in [0, 0.1) is 11.8 Å². The van der Waals surface area contributed by atoms with Gasteiger partial charge in [0.15, 0.2) is 0 Å². The molecule has 0 radical (unpaired) electrons. The van der Waals surface area contributed by atoms with Gasteiger partial charge in [-0.15, -0.1) is 0 Å². The molecule has 0 saturated carbocycles. The number of amides is 2. The topological polar surface area (TPSA) is 80.8 Å². The van der Waals surface area contributed by atoms with Crippen molar-refractivity contribution in [3.63, 3.8) is 0 Å². The highest BCUT2D eigenvalue weighted by molar-refractivity contribution is 7.87. The number of carbonyl (C=O) groups is 2. The van der Waals surface area contributed by atoms with Crippen LogP contribution < -0.4 is 9.08 Å². The van der Waals surface area contributed by atoms with Gasteiger partial charge in [-0.2, -0.15) is 8.42 Å². The summed E-state index contributed by atoms with van der Waals surface area (Å²) in [5.74, 6) is -1.94. The van der Waals surface area contributed by atoms with Gasteiger partial charge in [0.1, 0.15) is 10.6 Å². The Hall–Kier alpha value is -4.23. The average Bonchev–Trinajstić information content (AvgIpc) is 3.19. The van der Waals surface area contributed by atoms with Crippen LogP contribution in [-0.4, -0.2) is 20.2 Å². The quantitative estimate of drug-likeness (QED) is 0.291. The molecule has 7 heteroatoms. The van der Waals surface area contributed by atoms with Crippen molar-refractivity contribution >= 4 is 27.6 Å². The number of rotatable bonds is 4. The third kappa shape index (κ3) is 3.13. The number of benzene rings is 4. The lowest BCUT2D eigenvalue weighted by atomic mass is 9.55. The largest absolute Gasteiger partial charge is 0.379 e. The van der Waals surface area contributed by atoms with Crippen molar-refractivity contribution in [3.8, 4) is 5.75 Å². The van der Waals surface area contributed by atoms with Crippen LogP contribution in [0.1, 0.15) is 34.1 Å². The van der Waals surface area contributed by atoms with Crippen LogP contribution in [0.25, 0.3) is 0 Å². The van der Waals surface area contributed by atoms with E-state index in [2.05, 4.69) is 24.3 Å². The molecule has 2 amide bonds. The smallest absolute Gasteiger partial charge is 0.339 e. The number of hydrogen-bond donors (Lipinski definition) is 0. The lowest BCUT2D eigenvalue weighted by Gasteiger charge is -2.45. The predicted molar refractivity (Wildman–Crippen MR) is 137 cm³/mol. The van der Waals surface area contributed by atoms with Crippen LogP contribution in [0.15, 0.2) is 108 Å². The highest BCUT2D eigenvalue weighted by atomic mass is 32.2. The van der Waals surface area contributed by atoms with Gasteiger partial charge in [0.05, 0.1) is 17.5 Å². The summed E-state index contributed by atoms with van der Waals surface area (Å²) in [7, 11) is -4.07. The van der Waals surface area contributed by atoms with Crippen molar-refractivity contribution in [1.29, 1.82) is 0 Å². The second-order valence-corrected chi connectivity index (χ2v) is 11.2. The van der Waals surface area contributed by atoms with Gasteiger partial charge < -0.3 is 4.18 Å². The van der Waals surface area contributed by atoms with E-state index < -0.39 is 22.0 Å². The summed E-state index contributed by atoms with van der Waals surface area (Å²) < 4.78 is 30.8. The van der Waals surface area contributed by atoms with Crippen LogP contribution in [-0.2, 0) is 19.7 Å². The molecule has 2 bridgehead atoms. The summed E-state index contributed by atoms with van der Waals surface area (Å²) in [4.78, 5) is 29.1. The van der Waals surface area contributed by atoms with Gasteiger partial charge in [0, 0.05) is 17.9 Å². The van der Waals surface area contributed by atoms with E-state index >= 15 is 0 Å². The van der Waals surface area contributed by atoms with Crippen molar-refractivity contribution < 1.29 is 22.2 Å². The summed E-state index contributed by atoms with van der Waals surface area (Å²) in [5, 5.41) is 0. The van der Waals surface area contributed by atoms with Crippen LogP contribution in [0.3, 0.4) is 0 Å². The fourth-order valence-electron chi connectivity index (χ4n) is 6.37. The standard InChI is InChI=1S/C30H21NO5S/c32-29-27-25-21-13-4-5-14-22(21)26(24-16-7-6-15-23(24)25)28(27)30(33)31(29)18-9-8-10-19(17-18)36-37(34,35)20-11-2-1-3-12-20/h1-17,25-28H/t25?,26?,27-,28-/m0/s1. The molecule has 3 aliphatic carbocycles. The molecule has 0 unspecified atom stereocenters. The van der Waals surface area contributed by atoms with Crippen molar-refractivity contribution in [2.75, 3.05) is 4.90 Å². The van der Waals surface area contributed by atoms with Gasteiger partial charge >= 0.3 is 10.1 Å². The fraction of sp³-hybridized carbons (Fsp3) is 0.133. The second kappa shape index (κ2) is 7.88. The van der Waals surface area contributed by atoms with Gasteiger partial charge in [0.2, 0.25) is 11.8 Å². The van der Waals surface area contributed by atoms with Gasteiger partial charge in [-0.05, 0) is 46.5 Å². The van der Waals surface area contributed by atoms with Gasteiger partial charge in [0.25, 0.3) is 0 Å². The predicted octanol–water partition coefficient (Wildman–Crippen LogP) is 4.85. The summed E-state index contributed by atoms with van der Waals surface area (Å²) >= 11 is 0. The Morgan fingerprint density at radius 2 is 1.08 bits per heavy atom. The number of imide groups is 1. The molecule has 6 nitrogen and oxygen atoms in total. The molecular formula is C30H21NO5S. The van der Waals surface area contributed by atoms with Gasteiger partial charge in [-0.3, -0.25) is 9.59 Å². The molecule has 8 rings (SSSR count). The normalized spacial score (nSPS) is 23.4. The number of anilines is 1. The molecule has 1 heterocycles. The Bertz CT molecular complexity index is 1580. The van der Waals surface area contributed by atoms with Gasteiger partial charge in [-0.1, -0.05) is 72.8 Å². The van der Waals surface area contributed by atoms with Crippen LogP contribution in [0.4, 0.5) is 5.69 Å². The van der Waals surface area contributed by atoms with Crippen molar-refractivity contribution in [1.82, 2.24) is 0 Å². The Morgan fingerprint density at radius 3 is 1.59 bits per heavy atom. The lowest BCUT2D eigenvalue weighted by Crippen LogP contribution is -2.41. The number of nitrogens with zero attached hydrogens (tertiary/aromatic N) is 1. The zero-order chi connectivity index (χ0) is 25.3. The van der Waals surface area contributed by atoms with Crippen LogP contribution in [0.5, 0.6) is 5.75 Å². The molecule has 0 spiro atoms. The molecule has 4 aliphatic rings. The molecule has 1 fully saturated rings. The Balaban J connectivity index is 1.28. The zero-order valence-electron chi connectivity index (χ0n) is 19.5. The van der Waals surface area contributed by atoms with E-state index in [9.17, 15) is 18.0 Å². The van der Waals surface area contributed by atoms with Crippen molar-refractivity contribution in [3.05, 3.63) is 125 Å². The monoisotopic (exact) mass is 507 g/mol.